The van der Waals surface area contributed by atoms with Gasteiger partial charge in [-0.1, -0.05) is 72.8 Å². The Bertz CT molecular complexity index is 996. The van der Waals surface area contributed by atoms with E-state index < -0.39 is 12.1 Å². The number of carbonyl (C=O) groups is 2. The minimum absolute atomic E-state index is 0.241. The van der Waals surface area contributed by atoms with Crippen molar-refractivity contribution in [1.82, 2.24) is 5.32 Å². The third-order valence-corrected chi connectivity index (χ3v) is 4.28. The second-order valence-corrected chi connectivity index (χ2v) is 6.23. The number of carboxylic acid groups (broad SMARTS) is 1. The first-order valence-corrected chi connectivity index (χ1v) is 9.01. The largest absolute Gasteiger partial charge is 0.478 e. The molecular weight excluding hydrogens is 354 g/mol. The lowest BCUT2D eigenvalue weighted by atomic mass is 9.99. The van der Waals surface area contributed by atoms with Gasteiger partial charge in [-0.2, -0.15) is 0 Å². The van der Waals surface area contributed by atoms with Gasteiger partial charge in [0.1, 0.15) is 6.61 Å². The predicted octanol–water partition coefficient (Wildman–Crippen LogP) is 4.87. The third kappa shape index (κ3) is 4.98. The number of rotatable bonds is 7. The summed E-state index contributed by atoms with van der Waals surface area (Å²) in [6.45, 7) is 0.694. The summed E-state index contributed by atoms with van der Waals surface area (Å²) in [5.74, 6) is -0.940. The van der Waals surface area contributed by atoms with Gasteiger partial charge in [-0.3, -0.25) is 0 Å². The van der Waals surface area contributed by atoms with Crippen molar-refractivity contribution in [2.75, 3.05) is 6.54 Å². The van der Waals surface area contributed by atoms with E-state index >= 15 is 0 Å². The van der Waals surface area contributed by atoms with Gasteiger partial charge in [0, 0.05) is 6.54 Å². The molecule has 1 amide bonds. The van der Waals surface area contributed by atoms with E-state index in [9.17, 15) is 14.7 Å². The van der Waals surface area contributed by atoms with Gasteiger partial charge in [0.25, 0.3) is 0 Å². The van der Waals surface area contributed by atoms with Crippen LogP contribution in [0.15, 0.2) is 72.8 Å². The topological polar surface area (TPSA) is 75.6 Å². The zero-order valence-corrected chi connectivity index (χ0v) is 15.3. The Morgan fingerprint density at radius 3 is 2.46 bits per heavy atom. The van der Waals surface area contributed by atoms with Gasteiger partial charge >= 0.3 is 12.1 Å². The van der Waals surface area contributed by atoms with E-state index in [4.69, 9.17) is 4.74 Å². The molecule has 3 rings (SSSR count). The molecule has 0 fully saturated rings. The second kappa shape index (κ2) is 9.37. The number of alkyl carbamates (subject to hydrolysis) is 1. The second-order valence-electron chi connectivity index (χ2n) is 6.23. The minimum Gasteiger partial charge on any atom is -0.478 e. The number of fused-ring (bicyclic) bond motifs is 1. The van der Waals surface area contributed by atoms with Crippen LogP contribution in [-0.4, -0.2) is 23.7 Å². The number of aromatic carboxylic acids is 1. The molecule has 0 aliphatic rings. The van der Waals surface area contributed by atoms with Crippen molar-refractivity contribution in [3.8, 4) is 0 Å². The Hall–Kier alpha value is -3.60. The van der Waals surface area contributed by atoms with Crippen molar-refractivity contribution >= 4 is 28.9 Å². The zero-order valence-electron chi connectivity index (χ0n) is 15.3. The maximum atomic E-state index is 11.7. The highest BCUT2D eigenvalue weighted by Crippen LogP contribution is 2.23. The van der Waals surface area contributed by atoms with Crippen molar-refractivity contribution in [3.05, 3.63) is 89.5 Å². The number of amides is 1. The van der Waals surface area contributed by atoms with Crippen molar-refractivity contribution < 1.29 is 19.4 Å². The molecule has 0 bridgehead atoms. The van der Waals surface area contributed by atoms with Crippen molar-refractivity contribution in [3.63, 3.8) is 0 Å². The molecule has 0 atom stereocenters. The number of hydrogen-bond acceptors (Lipinski definition) is 3. The molecule has 0 aromatic heterocycles. The molecule has 0 aliphatic heterocycles. The van der Waals surface area contributed by atoms with E-state index in [-0.39, 0.29) is 12.2 Å². The van der Waals surface area contributed by atoms with Crippen LogP contribution in [0.25, 0.3) is 16.8 Å². The molecule has 0 radical (unpaired) electrons. The quantitative estimate of drug-likeness (QED) is 0.578. The van der Waals surface area contributed by atoms with Crippen molar-refractivity contribution in [2.45, 2.75) is 13.0 Å². The third-order valence-electron chi connectivity index (χ3n) is 4.28. The summed E-state index contributed by atoms with van der Waals surface area (Å²) >= 11 is 0. The fraction of sp³-hybridized carbons (Fsp3) is 0.130. The van der Waals surface area contributed by atoms with Gasteiger partial charge in [0.05, 0.1) is 5.56 Å². The van der Waals surface area contributed by atoms with Gasteiger partial charge in [-0.25, -0.2) is 9.59 Å². The number of ether oxygens (including phenoxy) is 1. The zero-order chi connectivity index (χ0) is 19.8. The fourth-order valence-electron chi connectivity index (χ4n) is 2.91. The highest BCUT2D eigenvalue weighted by molar-refractivity contribution is 6.05. The van der Waals surface area contributed by atoms with Crippen LogP contribution in [0.5, 0.6) is 0 Å². The summed E-state index contributed by atoms with van der Waals surface area (Å²) in [6, 6.07) is 20.3. The summed E-state index contributed by atoms with van der Waals surface area (Å²) in [4.78, 5) is 23.1. The standard InChI is InChI=1S/C23H21NO4/c25-22(26)21-14-7-12-19-18(11-6-13-20(19)21)10-4-5-15-24-23(27)28-16-17-8-2-1-3-9-17/h1-4,6-14H,5,15-16H2,(H,24,27)(H,25,26). The number of benzene rings is 3. The first-order chi connectivity index (χ1) is 13.6. The Labute approximate surface area is 163 Å². The van der Waals surface area contributed by atoms with Crippen LogP contribution in [0, 0.1) is 0 Å². The smallest absolute Gasteiger partial charge is 0.407 e. The Balaban J connectivity index is 1.52. The van der Waals surface area contributed by atoms with Crippen LogP contribution in [0.3, 0.4) is 0 Å². The van der Waals surface area contributed by atoms with Crippen LogP contribution in [0.1, 0.15) is 27.9 Å². The summed E-state index contributed by atoms with van der Waals surface area (Å²) < 4.78 is 5.16. The maximum absolute atomic E-state index is 11.7. The first-order valence-electron chi connectivity index (χ1n) is 9.01. The average molecular weight is 375 g/mol. The molecule has 3 aromatic rings. The van der Waals surface area contributed by atoms with Gasteiger partial charge in [-0.15, -0.1) is 0 Å². The minimum atomic E-state index is -0.940. The first kappa shape index (κ1) is 19.2. The van der Waals surface area contributed by atoms with Crippen LogP contribution in [0.2, 0.25) is 0 Å². The van der Waals surface area contributed by atoms with Gasteiger partial charge in [-0.05, 0) is 34.4 Å². The lowest BCUT2D eigenvalue weighted by molar-refractivity contribution is 0.0699. The Morgan fingerprint density at radius 2 is 1.68 bits per heavy atom. The Kier molecular flexibility index (Phi) is 6.41. The van der Waals surface area contributed by atoms with Gasteiger partial charge < -0.3 is 15.2 Å². The fourth-order valence-corrected chi connectivity index (χ4v) is 2.91. The van der Waals surface area contributed by atoms with Crippen LogP contribution in [-0.2, 0) is 11.3 Å². The van der Waals surface area contributed by atoms with Crippen LogP contribution in [0.4, 0.5) is 4.79 Å². The van der Waals surface area contributed by atoms with E-state index in [1.807, 2.05) is 60.7 Å². The van der Waals surface area contributed by atoms with Crippen molar-refractivity contribution in [2.24, 2.45) is 0 Å². The Morgan fingerprint density at radius 1 is 0.929 bits per heavy atom. The monoisotopic (exact) mass is 375 g/mol. The summed E-state index contributed by atoms with van der Waals surface area (Å²) in [6.07, 6.45) is 4.06. The van der Waals surface area contributed by atoms with E-state index in [2.05, 4.69) is 5.32 Å². The van der Waals surface area contributed by atoms with Crippen LogP contribution >= 0.6 is 0 Å². The molecule has 5 heteroatoms. The number of hydrogen-bond donors (Lipinski definition) is 2. The summed E-state index contributed by atoms with van der Waals surface area (Å²) in [5, 5.41) is 13.6. The van der Waals surface area contributed by atoms with Crippen LogP contribution < -0.4 is 5.32 Å². The molecular formula is C23H21NO4. The molecule has 0 saturated heterocycles. The molecule has 2 N–H and O–H groups in total. The van der Waals surface area contributed by atoms with Gasteiger partial charge in [0.2, 0.25) is 0 Å². The molecule has 0 heterocycles. The highest BCUT2D eigenvalue weighted by Gasteiger charge is 2.08. The highest BCUT2D eigenvalue weighted by atomic mass is 16.5. The predicted molar refractivity (Wildman–Crippen MR) is 109 cm³/mol. The molecule has 3 aromatic carbocycles. The molecule has 28 heavy (non-hydrogen) atoms. The molecule has 0 spiro atoms. The van der Waals surface area contributed by atoms with E-state index in [0.717, 1.165) is 16.5 Å². The molecule has 0 unspecified atom stereocenters. The molecule has 5 nitrogen and oxygen atoms in total. The van der Waals surface area contributed by atoms with E-state index in [1.165, 1.54) is 0 Å². The number of carbonyl (C=O) groups excluding carboxylic acids is 1. The lowest BCUT2D eigenvalue weighted by Gasteiger charge is -2.06. The maximum Gasteiger partial charge on any atom is 0.407 e. The SMILES string of the molecule is O=C(NCCC=Cc1cccc2c(C(=O)O)cccc12)OCc1ccccc1. The number of carboxylic acids is 1. The van der Waals surface area contributed by atoms with E-state index in [1.54, 1.807) is 18.2 Å². The summed E-state index contributed by atoms with van der Waals surface area (Å²) in [5.41, 5.74) is 2.16. The lowest BCUT2D eigenvalue weighted by Crippen LogP contribution is -2.24. The normalized spacial score (nSPS) is 10.9. The molecule has 0 aliphatic carbocycles. The summed E-state index contributed by atoms with van der Waals surface area (Å²) in [7, 11) is 0. The van der Waals surface area contributed by atoms with E-state index in [0.29, 0.717) is 18.4 Å². The van der Waals surface area contributed by atoms with Gasteiger partial charge in [0.15, 0.2) is 0 Å². The molecule has 142 valence electrons. The molecule has 0 saturated carbocycles. The number of nitrogens with one attached hydrogen (secondary N) is 1. The average Bonchev–Trinajstić information content (AvgIpc) is 2.72. The van der Waals surface area contributed by atoms with Crippen molar-refractivity contribution in [1.29, 1.82) is 0 Å².